The fourth-order valence-electron chi connectivity index (χ4n) is 1.89. The Morgan fingerprint density at radius 1 is 1.53 bits per heavy atom. The molecule has 2 aromatic heterocycles. The topological polar surface area (TPSA) is 73.8 Å². The van der Waals surface area contributed by atoms with Crippen LogP contribution in [0.25, 0.3) is 0 Å². The number of hydrogen-bond acceptors (Lipinski definition) is 4. The lowest BCUT2D eigenvalue weighted by Crippen LogP contribution is -2.10. The number of pyridine rings is 1. The summed E-state index contributed by atoms with van der Waals surface area (Å²) in [4.78, 5) is 16.3. The Hall–Kier alpha value is -1.72. The van der Waals surface area contributed by atoms with Gasteiger partial charge >= 0.3 is 0 Å². The number of hydrogen-bond donors (Lipinski definition) is 1. The van der Waals surface area contributed by atoms with Crippen LogP contribution >= 0.6 is 11.6 Å². The number of aromatic nitrogens is 3. The predicted molar refractivity (Wildman–Crippen MR) is 73.1 cm³/mol. The van der Waals surface area contributed by atoms with Crippen molar-refractivity contribution >= 4 is 17.4 Å². The molecule has 0 bridgehead atoms. The summed E-state index contributed by atoms with van der Waals surface area (Å²) < 4.78 is 1.64. The Morgan fingerprint density at radius 3 is 2.84 bits per heavy atom. The van der Waals surface area contributed by atoms with E-state index < -0.39 is 0 Å². The van der Waals surface area contributed by atoms with E-state index in [0.29, 0.717) is 22.8 Å². The van der Waals surface area contributed by atoms with Crippen LogP contribution in [0, 0.1) is 6.92 Å². The Labute approximate surface area is 116 Å². The van der Waals surface area contributed by atoms with E-state index in [1.807, 2.05) is 6.92 Å². The van der Waals surface area contributed by atoms with Crippen LogP contribution in [-0.4, -0.2) is 20.5 Å². The molecule has 0 saturated heterocycles. The maximum absolute atomic E-state index is 12.2. The molecule has 2 heterocycles. The maximum atomic E-state index is 12.2. The molecular formula is C13H15ClN4O. The number of ketones is 1. The molecule has 0 radical (unpaired) electrons. The highest BCUT2D eigenvalue weighted by Gasteiger charge is 2.16. The average Bonchev–Trinajstić information content (AvgIpc) is 2.65. The average molecular weight is 279 g/mol. The number of carbonyl (C=O) groups excluding carboxylic acids is 1. The van der Waals surface area contributed by atoms with Gasteiger partial charge in [-0.15, -0.1) is 0 Å². The second kappa shape index (κ2) is 5.50. The van der Waals surface area contributed by atoms with Crippen LogP contribution in [0.3, 0.4) is 0 Å². The van der Waals surface area contributed by atoms with Crippen molar-refractivity contribution in [1.29, 1.82) is 0 Å². The van der Waals surface area contributed by atoms with Crippen molar-refractivity contribution < 1.29 is 4.79 Å². The zero-order chi connectivity index (χ0) is 14.0. The van der Waals surface area contributed by atoms with Gasteiger partial charge in [0.15, 0.2) is 5.78 Å². The predicted octanol–water partition coefficient (Wildman–Crippen LogP) is 1.66. The molecule has 2 aromatic rings. The van der Waals surface area contributed by atoms with Crippen molar-refractivity contribution in [2.75, 3.05) is 0 Å². The Balaban J connectivity index is 2.25. The third-order valence-electron chi connectivity index (χ3n) is 2.94. The molecule has 0 spiro atoms. The molecule has 0 aliphatic carbocycles. The van der Waals surface area contributed by atoms with Crippen molar-refractivity contribution in [2.45, 2.75) is 19.9 Å². The first kappa shape index (κ1) is 13.7. The summed E-state index contributed by atoms with van der Waals surface area (Å²) in [6, 6.07) is 3.39. The molecule has 0 unspecified atom stereocenters. The number of Topliss-reactive ketones (excluding diaryl/α,β-unsaturated/α-hetero) is 1. The van der Waals surface area contributed by atoms with Crippen molar-refractivity contribution in [3.63, 3.8) is 0 Å². The van der Waals surface area contributed by atoms with Gasteiger partial charge in [0.1, 0.15) is 0 Å². The molecule has 0 aliphatic rings. The molecule has 100 valence electrons. The van der Waals surface area contributed by atoms with Crippen LogP contribution in [0.4, 0.5) is 0 Å². The SMILES string of the molecule is Cc1nn(C)c(CC(=O)c2ccnc(CN)c2)c1Cl. The van der Waals surface area contributed by atoms with Crippen LogP contribution in [0.1, 0.15) is 27.4 Å². The first-order chi connectivity index (χ1) is 9.02. The van der Waals surface area contributed by atoms with Gasteiger partial charge in [-0.3, -0.25) is 14.5 Å². The number of carbonyl (C=O) groups is 1. The van der Waals surface area contributed by atoms with Crippen LogP contribution in [0.15, 0.2) is 18.3 Å². The number of aryl methyl sites for hydroxylation is 2. The van der Waals surface area contributed by atoms with Gasteiger partial charge in [-0.05, 0) is 19.1 Å². The van der Waals surface area contributed by atoms with E-state index in [1.165, 1.54) is 0 Å². The second-order valence-corrected chi connectivity index (χ2v) is 4.69. The Kier molecular flexibility index (Phi) is 3.97. The zero-order valence-electron chi connectivity index (χ0n) is 10.9. The van der Waals surface area contributed by atoms with Crippen LogP contribution in [0.2, 0.25) is 5.02 Å². The molecule has 6 heteroatoms. The van der Waals surface area contributed by atoms with Crippen molar-refractivity contribution in [2.24, 2.45) is 12.8 Å². The molecule has 0 atom stereocenters. The Bertz CT molecular complexity index is 621. The van der Waals surface area contributed by atoms with E-state index in [2.05, 4.69) is 10.1 Å². The summed E-state index contributed by atoms with van der Waals surface area (Å²) in [6.45, 7) is 2.13. The molecule has 2 N–H and O–H groups in total. The van der Waals surface area contributed by atoms with Crippen molar-refractivity contribution in [1.82, 2.24) is 14.8 Å². The van der Waals surface area contributed by atoms with Gasteiger partial charge in [-0.2, -0.15) is 5.10 Å². The largest absolute Gasteiger partial charge is 0.325 e. The fraction of sp³-hybridized carbons (Fsp3) is 0.308. The van der Waals surface area contributed by atoms with E-state index in [1.54, 1.807) is 30.1 Å². The van der Waals surface area contributed by atoms with Gasteiger partial charge < -0.3 is 5.73 Å². The van der Waals surface area contributed by atoms with Gasteiger partial charge in [0.2, 0.25) is 0 Å². The summed E-state index contributed by atoms with van der Waals surface area (Å²) in [5.74, 6) is -0.0259. The molecule has 0 aromatic carbocycles. The lowest BCUT2D eigenvalue weighted by atomic mass is 10.1. The molecule has 0 fully saturated rings. The minimum atomic E-state index is -0.0259. The van der Waals surface area contributed by atoms with E-state index in [9.17, 15) is 4.79 Å². The molecule has 2 rings (SSSR count). The number of nitrogens with zero attached hydrogens (tertiary/aromatic N) is 3. The molecular weight excluding hydrogens is 264 g/mol. The quantitative estimate of drug-likeness (QED) is 0.863. The molecule has 0 amide bonds. The maximum Gasteiger partial charge on any atom is 0.168 e. The lowest BCUT2D eigenvalue weighted by Gasteiger charge is -2.04. The number of nitrogens with two attached hydrogens (primary N) is 1. The van der Waals surface area contributed by atoms with E-state index in [-0.39, 0.29) is 12.2 Å². The van der Waals surface area contributed by atoms with Crippen LogP contribution in [0.5, 0.6) is 0 Å². The first-order valence-corrected chi connectivity index (χ1v) is 6.27. The summed E-state index contributed by atoms with van der Waals surface area (Å²) in [5, 5.41) is 4.74. The first-order valence-electron chi connectivity index (χ1n) is 5.89. The summed E-state index contributed by atoms with van der Waals surface area (Å²) in [7, 11) is 1.78. The van der Waals surface area contributed by atoms with Gasteiger partial charge in [-0.25, -0.2) is 0 Å². The number of rotatable bonds is 4. The normalized spacial score (nSPS) is 10.7. The third-order valence-corrected chi connectivity index (χ3v) is 3.43. The lowest BCUT2D eigenvalue weighted by molar-refractivity contribution is 0.0990. The monoisotopic (exact) mass is 278 g/mol. The molecule has 0 aliphatic heterocycles. The van der Waals surface area contributed by atoms with E-state index >= 15 is 0 Å². The smallest absolute Gasteiger partial charge is 0.168 e. The summed E-state index contributed by atoms with van der Waals surface area (Å²) >= 11 is 6.14. The van der Waals surface area contributed by atoms with Gasteiger partial charge in [0, 0.05) is 25.4 Å². The summed E-state index contributed by atoms with van der Waals surface area (Å²) in [5.41, 5.74) is 8.24. The highest BCUT2D eigenvalue weighted by Crippen LogP contribution is 2.21. The van der Waals surface area contributed by atoms with E-state index in [4.69, 9.17) is 17.3 Å². The molecule has 19 heavy (non-hydrogen) atoms. The minimum Gasteiger partial charge on any atom is -0.325 e. The third kappa shape index (κ3) is 2.83. The Morgan fingerprint density at radius 2 is 2.26 bits per heavy atom. The highest BCUT2D eigenvalue weighted by atomic mass is 35.5. The minimum absolute atomic E-state index is 0.0259. The van der Waals surface area contributed by atoms with Gasteiger partial charge in [0.05, 0.1) is 28.5 Å². The second-order valence-electron chi connectivity index (χ2n) is 4.31. The molecule has 5 nitrogen and oxygen atoms in total. The van der Waals surface area contributed by atoms with E-state index in [0.717, 1.165) is 11.4 Å². The van der Waals surface area contributed by atoms with Crippen molar-refractivity contribution in [3.8, 4) is 0 Å². The highest BCUT2D eigenvalue weighted by molar-refractivity contribution is 6.32. The number of halogens is 1. The molecule has 0 saturated carbocycles. The van der Waals surface area contributed by atoms with Crippen LogP contribution in [-0.2, 0) is 20.0 Å². The summed E-state index contributed by atoms with van der Waals surface area (Å²) in [6.07, 6.45) is 1.80. The van der Waals surface area contributed by atoms with Gasteiger partial charge in [-0.1, -0.05) is 11.6 Å². The van der Waals surface area contributed by atoms with Gasteiger partial charge in [0.25, 0.3) is 0 Å². The standard InChI is InChI=1S/C13H15ClN4O/c1-8-13(14)11(18(2)17-8)6-12(19)9-3-4-16-10(5-9)7-15/h3-5H,6-7,15H2,1-2H3. The zero-order valence-corrected chi connectivity index (χ0v) is 11.6. The fourth-order valence-corrected chi connectivity index (χ4v) is 2.12. The van der Waals surface area contributed by atoms with Crippen molar-refractivity contribution in [3.05, 3.63) is 46.0 Å². The van der Waals surface area contributed by atoms with Crippen LogP contribution < -0.4 is 5.73 Å².